The maximum absolute atomic E-state index is 12.5. The highest BCUT2D eigenvalue weighted by molar-refractivity contribution is 7.90. The molecule has 0 radical (unpaired) electrons. The Morgan fingerprint density at radius 1 is 1.16 bits per heavy atom. The summed E-state index contributed by atoms with van der Waals surface area (Å²) in [6, 6.07) is 4.15. The lowest BCUT2D eigenvalue weighted by Crippen LogP contribution is -2.33. The quantitative estimate of drug-likeness (QED) is 0.931. The molecule has 1 heterocycles. The molecule has 1 N–H and O–H groups in total. The van der Waals surface area contributed by atoms with Crippen molar-refractivity contribution in [2.45, 2.75) is 19.0 Å². The van der Waals surface area contributed by atoms with Crippen LogP contribution in [0, 0.1) is 0 Å². The van der Waals surface area contributed by atoms with E-state index in [0.29, 0.717) is 13.1 Å². The second-order valence-electron chi connectivity index (χ2n) is 4.29. The number of hydrogen-bond acceptors (Lipinski definition) is 2. The number of benzene rings is 1. The number of rotatable bonds is 3. The van der Waals surface area contributed by atoms with Gasteiger partial charge in [0.25, 0.3) is 0 Å². The van der Waals surface area contributed by atoms with Crippen molar-refractivity contribution in [2.24, 2.45) is 0 Å². The Balaban J connectivity index is 2.19. The van der Waals surface area contributed by atoms with Gasteiger partial charge in [-0.05, 0) is 31.0 Å². The van der Waals surface area contributed by atoms with E-state index < -0.39 is 21.9 Å². The van der Waals surface area contributed by atoms with Crippen LogP contribution in [0.15, 0.2) is 24.3 Å². The van der Waals surface area contributed by atoms with E-state index in [4.69, 9.17) is 0 Å². The van der Waals surface area contributed by atoms with Crippen LogP contribution in [-0.2, 0) is 16.4 Å². The Hall–Kier alpha value is -1.28. The average molecular weight is 294 g/mol. The van der Waals surface area contributed by atoms with Gasteiger partial charge >= 0.3 is 16.4 Å². The summed E-state index contributed by atoms with van der Waals surface area (Å²) in [6.45, 7) is 0.794. The third-order valence-corrected chi connectivity index (χ3v) is 4.38. The molecule has 1 aromatic rings. The minimum Gasteiger partial charge on any atom is -0.271 e. The summed E-state index contributed by atoms with van der Waals surface area (Å²) in [4.78, 5) is 0. The molecule has 1 saturated heterocycles. The number of nitrogens with one attached hydrogen (secondary N) is 1. The summed E-state index contributed by atoms with van der Waals surface area (Å²) in [6.07, 6.45) is -2.96. The van der Waals surface area contributed by atoms with Crippen LogP contribution < -0.4 is 4.72 Å². The molecular weight excluding hydrogens is 281 g/mol. The molecule has 0 bridgehead atoms. The molecule has 1 aromatic carbocycles. The van der Waals surface area contributed by atoms with Gasteiger partial charge in [0.2, 0.25) is 0 Å². The van der Waals surface area contributed by atoms with Gasteiger partial charge in [0.1, 0.15) is 0 Å². The lowest BCUT2D eigenvalue weighted by molar-refractivity contribution is -0.137. The molecule has 1 aliphatic rings. The maximum atomic E-state index is 12.5. The van der Waals surface area contributed by atoms with E-state index >= 15 is 0 Å². The van der Waals surface area contributed by atoms with Gasteiger partial charge in [-0.3, -0.25) is 4.72 Å². The van der Waals surface area contributed by atoms with E-state index in [9.17, 15) is 21.6 Å². The van der Waals surface area contributed by atoms with Crippen molar-refractivity contribution in [3.8, 4) is 0 Å². The molecule has 19 heavy (non-hydrogen) atoms. The van der Waals surface area contributed by atoms with Crippen molar-refractivity contribution < 1.29 is 21.6 Å². The van der Waals surface area contributed by atoms with Gasteiger partial charge < -0.3 is 0 Å². The first-order valence-corrected chi connectivity index (χ1v) is 7.18. The van der Waals surface area contributed by atoms with E-state index in [-0.39, 0.29) is 5.69 Å². The predicted molar refractivity (Wildman–Crippen MR) is 64.8 cm³/mol. The third kappa shape index (κ3) is 3.38. The molecule has 1 aliphatic heterocycles. The van der Waals surface area contributed by atoms with Crippen LogP contribution in [0.5, 0.6) is 0 Å². The Morgan fingerprint density at radius 3 is 2.37 bits per heavy atom. The van der Waals surface area contributed by atoms with Crippen LogP contribution in [0.4, 0.5) is 18.9 Å². The topological polar surface area (TPSA) is 49.4 Å². The Kier molecular flexibility index (Phi) is 3.73. The molecule has 0 aromatic heterocycles. The molecular formula is C11H13F3N2O2S. The van der Waals surface area contributed by atoms with Gasteiger partial charge in [0, 0.05) is 13.1 Å². The SMILES string of the molecule is O=S(=O)(Nc1cccc(C(F)(F)F)c1)N1CCCC1. The zero-order valence-corrected chi connectivity index (χ0v) is 10.8. The number of halogens is 3. The van der Waals surface area contributed by atoms with Crippen molar-refractivity contribution >= 4 is 15.9 Å². The molecule has 8 heteroatoms. The number of alkyl halides is 3. The van der Waals surface area contributed by atoms with Crippen molar-refractivity contribution in [3.05, 3.63) is 29.8 Å². The summed E-state index contributed by atoms with van der Waals surface area (Å²) >= 11 is 0. The monoisotopic (exact) mass is 294 g/mol. The Labute approximate surface area is 109 Å². The van der Waals surface area contributed by atoms with Crippen LogP contribution in [0.1, 0.15) is 18.4 Å². The third-order valence-electron chi connectivity index (χ3n) is 2.84. The highest BCUT2D eigenvalue weighted by Gasteiger charge is 2.31. The smallest absolute Gasteiger partial charge is 0.271 e. The van der Waals surface area contributed by atoms with Gasteiger partial charge in [-0.25, -0.2) is 0 Å². The highest BCUT2D eigenvalue weighted by atomic mass is 32.2. The normalized spacial score (nSPS) is 17.6. The fourth-order valence-corrected chi connectivity index (χ4v) is 3.19. The van der Waals surface area contributed by atoms with E-state index in [2.05, 4.69) is 4.72 Å². The summed E-state index contributed by atoms with van der Waals surface area (Å²) in [5, 5.41) is 0. The minimum absolute atomic E-state index is 0.0817. The lowest BCUT2D eigenvalue weighted by Gasteiger charge is -2.17. The minimum atomic E-state index is -4.49. The first kappa shape index (κ1) is 14.1. The number of hydrogen-bond donors (Lipinski definition) is 1. The molecule has 106 valence electrons. The van der Waals surface area contributed by atoms with Crippen LogP contribution in [0.2, 0.25) is 0 Å². The molecule has 0 aliphatic carbocycles. The summed E-state index contributed by atoms with van der Waals surface area (Å²) in [7, 11) is -3.76. The van der Waals surface area contributed by atoms with E-state index in [0.717, 1.165) is 25.0 Å². The molecule has 2 rings (SSSR count). The van der Waals surface area contributed by atoms with Crippen LogP contribution in [0.3, 0.4) is 0 Å². The van der Waals surface area contributed by atoms with Crippen molar-refractivity contribution in [1.29, 1.82) is 0 Å². The molecule has 1 fully saturated rings. The van der Waals surface area contributed by atoms with Gasteiger partial charge in [-0.15, -0.1) is 0 Å². The van der Waals surface area contributed by atoms with E-state index in [1.54, 1.807) is 0 Å². The van der Waals surface area contributed by atoms with E-state index in [1.165, 1.54) is 16.4 Å². The second kappa shape index (κ2) is 5.01. The van der Waals surface area contributed by atoms with Crippen molar-refractivity contribution in [1.82, 2.24) is 4.31 Å². The molecule has 0 atom stereocenters. The van der Waals surface area contributed by atoms with Gasteiger partial charge in [0.15, 0.2) is 0 Å². The highest BCUT2D eigenvalue weighted by Crippen LogP contribution is 2.31. The fraction of sp³-hybridized carbons (Fsp3) is 0.455. The summed E-state index contributed by atoms with van der Waals surface area (Å²) < 4.78 is 64.7. The van der Waals surface area contributed by atoms with Crippen molar-refractivity contribution in [2.75, 3.05) is 17.8 Å². The van der Waals surface area contributed by atoms with Crippen LogP contribution >= 0.6 is 0 Å². The first-order chi connectivity index (χ1) is 8.79. The maximum Gasteiger partial charge on any atom is 0.416 e. The first-order valence-electron chi connectivity index (χ1n) is 5.74. The Morgan fingerprint density at radius 2 is 1.79 bits per heavy atom. The van der Waals surface area contributed by atoms with Crippen molar-refractivity contribution in [3.63, 3.8) is 0 Å². The Bertz CT molecular complexity index is 551. The molecule has 0 saturated carbocycles. The van der Waals surface area contributed by atoms with Gasteiger partial charge in [-0.1, -0.05) is 6.07 Å². The molecule has 4 nitrogen and oxygen atoms in total. The average Bonchev–Trinajstić information content (AvgIpc) is 2.81. The zero-order chi connectivity index (χ0) is 14.1. The van der Waals surface area contributed by atoms with Crippen LogP contribution in [-0.4, -0.2) is 25.8 Å². The summed E-state index contributed by atoms with van der Waals surface area (Å²) in [5.74, 6) is 0. The summed E-state index contributed by atoms with van der Waals surface area (Å²) in [5.41, 5.74) is -0.962. The number of anilines is 1. The van der Waals surface area contributed by atoms with E-state index in [1.807, 2.05) is 0 Å². The van der Waals surface area contributed by atoms with Gasteiger partial charge in [0.05, 0.1) is 11.3 Å². The molecule has 0 spiro atoms. The van der Waals surface area contributed by atoms with Crippen LogP contribution in [0.25, 0.3) is 0 Å². The molecule has 0 unspecified atom stereocenters. The predicted octanol–water partition coefficient (Wildman–Crippen LogP) is 2.46. The van der Waals surface area contributed by atoms with Gasteiger partial charge in [-0.2, -0.15) is 25.9 Å². The fourth-order valence-electron chi connectivity index (χ4n) is 1.90. The lowest BCUT2D eigenvalue weighted by atomic mass is 10.2. The largest absolute Gasteiger partial charge is 0.416 e. The zero-order valence-electron chi connectivity index (χ0n) is 9.94. The number of nitrogens with zero attached hydrogens (tertiary/aromatic N) is 1. The molecule has 0 amide bonds. The standard InChI is InChI=1S/C11H13F3N2O2S/c12-11(13,14)9-4-3-5-10(8-9)15-19(17,18)16-6-1-2-7-16/h3-5,8,15H,1-2,6-7H2. The second-order valence-corrected chi connectivity index (χ2v) is 5.96.